The first kappa shape index (κ1) is 13.1. The van der Waals surface area contributed by atoms with E-state index in [0.29, 0.717) is 10.2 Å². The van der Waals surface area contributed by atoms with Gasteiger partial charge in [-0.1, -0.05) is 0 Å². The van der Waals surface area contributed by atoms with Crippen LogP contribution < -0.4 is 4.90 Å². The number of thioether (sulfide) groups is 1. The maximum Gasteiger partial charge on any atom is 0.336 e. The minimum absolute atomic E-state index is 0.0197. The molecule has 0 aromatic heterocycles. The van der Waals surface area contributed by atoms with Gasteiger partial charge in [0.05, 0.1) is 22.8 Å². The Balaban J connectivity index is 2.44. The summed E-state index contributed by atoms with van der Waals surface area (Å²) in [6.07, 6.45) is 0. The van der Waals surface area contributed by atoms with Crippen molar-refractivity contribution >= 4 is 51.2 Å². The van der Waals surface area contributed by atoms with Gasteiger partial charge in [0, 0.05) is 4.47 Å². The number of benzene rings is 1. The molecular formula is C11H8BrNO4S. The van der Waals surface area contributed by atoms with Crippen LogP contribution in [0.15, 0.2) is 22.7 Å². The molecule has 94 valence electrons. The Morgan fingerprint density at radius 2 is 1.89 bits per heavy atom. The molecule has 1 aromatic rings. The van der Waals surface area contributed by atoms with E-state index in [1.54, 1.807) is 6.07 Å². The summed E-state index contributed by atoms with van der Waals surface area (Å²) in [5.41, 5.74) is 0.317. The first-order chi connectivity index (χ1) is 8.50. The fourth-order valence-electron chi connectivity index (χ4n) is 1.60. The van der Waals surface area contributed by atoms with Gasteiger partial charge in [-0.3, -0.25) is 9.59 Å². The van der Waals surface area contributed by atoms with Crippen LogP contribution in [-0.4, -0.2) is 34.4 Å². The van der Waals surface area contributed by atoms with E-state index >= 15 is 0 Å². The standard InChI is InChI=1S/C11H8BrNO4S/c12-8-2-1-6(3-7(8)11(16)17)13-9(14)4-18-5-10(13)15/h1-3H,4-5H2,(H,16,17). The Morgan fingerprint density at radius 1 is 1.28 bits per heavy atom. The lowest BCUT2D eigenvalue weighted by atomic mass is 10.2. The van der Waals surface area contributed by atoms with Crippen molar-refractivity contribution in [2.75, 3.05) is 16.4 Å². The molecule has 2 rings (SSSR count). The zero-order valence-corrected chi connectivity index (χ0v) is 11.5. The first-order valence-corrected chi connectivity index (χ1v) is 6.92. The van der Waals surface area contributed by atoms with E-state index in [-0.39, 0.29) is 28.9 Å². The molecule has 18 heavy (non-hydrogen) atoms. The SMILES string of the molecule is O=C(O)c1cc(N2C(=O)CSCC2=O)ccc1Br. The number of nitrogens with zero attached hydrogens (tertiary/aromatic N) is 1. The average Bonchev–Trinajstić information content (AvgIpc) is 2.30. The van der Waals surface area contributed by atoms with Gasteiger partial charge in [-0.05, 0) is 34.1 Å². The molecule has 1 fully saturated rings. The van der Waals surface area contributed by atoms with Gasteiger partial charge in [-0.25, -0.2) is 9.69 Å². The Morgan fingerprint density at radius 3 is 2.44 bits per heavy atom. The van der Waals surface area contributed by atoms with Gasteiger partial charge >= 0.3 is 5.97 Å². The third-order valence-corrected chi connectivity index (χ3v) is 3.98. The monoisotopic (exact) mass is 329 g/mol. The second-order valence-corrected chi connectivity index (χ2v) is 5.42. The van der Waals surface area contributed by atoms with Crippen molar-refractivity contribution in [3.05, 3.63) is 28.2 Å². The van der Waals surface area contributed by atoms with E-state index in [4.69, 9.17) is 5.11 Å². The highest BCUT2D eigenvalue weighted by Crippen LogP contribution is 2.26. The molecule has 1 saturated heterocycles. The molecule has 1 aliphatic heterocycles. The Bertz CT molecular complexity index is 530. The van der Waals surface area contributed by atoms with Gasteiger partial charge in [0.2, 0.25) is 11.8 Å². The number of carboxylic acid groups (broad SMARTS) is 1. The third kappa shape index (κ3) is 2.41. The van der Waals surface area contributed by atoms with Crippen LogP contribution in [0.4, 0.5) is 5.69 Å². The number of halogens is 1. The number of carbonyl (C=O) groups excluding carboxylic acids is 2. The van der Waals surface area contributed by atoms with Gasteiger partial charge in [-0.2, -0.15) is 0 Å². The van der Waals surface area contributed by atoms with Crippen molar-refractivity contribution in [1.29, 1.82) is 0 Å². The smallest absolute Gasteiger partial charge is 0.336 e. The van der Waals surface area contributed by atoms with Crippen molar-refractivity contribution in [3.8, 4) is 0 Å². The van der Waals surface area contributed by atoms with Gasteiger partial charge < -0.3 is 5.11 Å². The van der Waals surface area contributed by atoms with Crippen LogP contribution in [0.2, 0.25) is 0 Å². The zero-order valence-electron chi connectivity index (χ0n) is 9.05. The van der Waals surface area contributed by atoms with Crippen molar-refractivity contribution in [2.24, 2.45) is 0 Å². The summed E-state index contributed by atoms with van der Waals surface area (Å²) in [4.78, 5) is 35.4. The summed E-state index contributed by atoms with van der Waals surface area (Å²) in [5.74, 6) is -1.31. The molecule has 5 nitrogen and oxygen atoms in total. The quantitative estimate of drug-likeness (QED) is 0.837. The first-order valence-electron chi connectivity index (χ1n) is 4.97. The van der Waals surface area contributed by atoms with Crippen molar-refractivity contribution in [3.63, 3.8) is 0 Å². The largest absolute Gasteiger partial charge is 0.478 e. The number of hydrogen-bond acceptors (Lipinski definition) is 4. The molecular weight excluding hydrogens is 322 g/mol. The number of hydrogen-bond donors (Lipinski definition) is 1. The molecule has 2 amide bonds. The fourth-order valence-corrected chi connectivity index (χ4v) is 2.72. The molecule has 0 bridgehead atoms. The van der Waals surface area contributed by atoms with E-state index in [9.17, 15) is 14.4 Å². The number of amides is 2. The topological polar surface area (TPSA) is 74.7 Å². The van der Waals surface area contributed by atoms with E-state index in [0.717, 1.165) is 4.90 Å². The number of rotatable bonds is 2. The predicted octanol–water partition coefficient (Wildman–Crippen LogP) is 1.75. The van der Waals surface area contributed by atoms with Crippen LogP contribution in [0.25, 0.3) is 0 Å². The molecule has 0 spiro atoms. The molecule has 1 heterocycles. The van der Waals surface area contributed by atoms with Crippen LogP contribution in [0.5, 0.6) is 0 Å². The molecule has 0 radical (unpaired) electrons. The van der Waals surface area contributed by atoms with Crippen molar-refractivity contribution in [2.45, 2.75) is 0 Å². The third-order valence-electron chi connectivity index (χ3n) is 2.39. The maximum atomic E-state index is 11.7. The zero-order chi connectivity index (χ0) is 13.3. The summed E-state index contributed by atoms with van der Waals surface area (Å²) >= 11 is 4.37. The summed E-state index contributed by atoms with van der Waals surface area (Å²) < 4.78 is 0.407. The van der Waals surface area contributed by atoms with Crippen molar-refractivity contribution < 1.29 is 19.5 Å². The van der Waals surface area contributed by atoms with Gasteiger partial charge in [0.25, 0.3) is 0 Å². The predicted molar refractivity (Wildman–Crippen MR) is 70.9 cm³/mol. The highest BCUT2D eigenvalue weighted by molar-refractivity contribution is 9.10. The molecule has 0 saturated carbocycles. The highest BCUT2D eigenvalue weighted by atomic mass is 79.9. The second kappa shape index (κ2) is 5.11. The molecule has 1 aliphatic rings. The Hall–Kier alpha value is -1.34. The lowest BCUT2D eigenvalue weighted by Gasteiger charge is -2.24. The van der Waals surface area contributed by atoms with Crippen molar-refractivity contribution in [1.82, 2.24) is 0 Å². The molecule has 7 heteroatoms. The van der Waals surface area contributed by atoms with Crippen LogP contribution in [0.3, 0.4) is 0 Å². The highest BCUT2D eigenvalue weighted by Gasteiger charge is 2.28. The average molecular weight is 330 g/mol. The number of carbonyl (C=O) groups is 3. The number of aromatic carboxylic acids is 1. The molecule has 0 aliphatic carbocycles. The number of imide groups is 1. The normalized spacial score (nSPS) is 15.9. The van der Waals surface area contributed by atoms with E-state index < -0.39 is 5.97 Å². The summed E-state index contributed by atoms with van der Waals surface area (Å²) in [6.45, 7) is 0. The molecule has 1 aromatic carbocycles. The Kier molecular flexibility index (Phi) is 3.72. The van der Waals surface area contributed by atoms with Gasteiger partial charge in [0.1, 0.15) is 0 Å². The van der Waals surface area contributed by atoms with E-state index in [1.807, 2.05) is 0 Å². The van der Waals surface area contributed by atoms with E-state index in [1.165, 1.54) is 23.9 Å². The molecule has 0 atom stereocenters. The summed E-state index contributed by atoms with van der Waals surface area (Å²) in [5, 5.41) is 9.00. The number of anilines is 1. The fraction of sp³-hybridized carbons (Fsp3) is 0.182. The summed E-state index contributed by atoms with van der Waals surface area (Å²) in [6, 6.07) is 4.38. The lowest BCUT2D eigenvalue weighted by molar-refractivity contribution is -0.124. The minimum Gasteiger partial charge on any atom is -0.478 e. The van der Waals surface area contributed by atoms with Crippen LogP contribution in [0.1, 0.15) is 10.4 Å². The van der Waals surface area contributed by atoms with Gasteiger partial charge in [-0.15, -0.1) is 11.8 Å². The number of carboxylic acids is 1. The molecule has 1 N–H and O–H groups in total. The van der Waals surface area contributed by atoms with Crippen LogP contribution in [0, 0.1) is 0 Å². The second-order valence-electron chi connectivity index (χ2n) is 3.58. The van der Waals surface area contributed by atoms with Crippen LogP contribution >= 0.6 is 27.7 Å². The van der Waals surface area contributed by atoms with Gasteiger partial charge in [0.15, 0.2) is 0 Å². The lowest BCUT2D eigenvalue weighted by Crippen LogP contribution is -2.43. The minimum atomic E-state index is -1.12. The van der Waals surface area contributed by atoms with Crippen LogP contribution in [-0.2, 0) is 9.59 Å². The summed E-state index contributed by atoms with van der Waals surface area (Å²) in [7, 11) is 0. The molecule has 0 unspecified atom stereocenters. The van der Waals surface area contributed by atoms with E-state index in [2.05, 4.69) is 15.9 Å². The Labute approximate surface area is 115 Å². The maximum absolute atomic E-state index is 11.7.